The lowest BCUT2D eigenvalue weighted by molar-refractivity contribution is -0.146. The van der Waals surface area contributed by atoms with Gasteiger partial charge in [-0.25, -0.2) is 12.8 Å². The van der Waals surface area contributed by atoms with E-state index in [1.807, 2.05) is 0 Å². The Morgan fingerprint density at radius 3 is 2.45 bits per heavy atom. The van der Waals surface area contributed by atoms with Crippen LogP contribution in [0.25, 0.3) is 11.1 Å². The number of benzene rings is 3. The summed E-state index contributed by atoms with van der Waals surface area (Å²) in [5, 5.41) is 9.17. The largest absolute Gasteiger partial charge is 0.486 e. The normalized spacial score (nSPS) is 20.5. The number of hydrogen-bond acceptors (Lipinski definition) is 5. The summed E-state index contributed by atoms with van der Waals surface area (Å²) < 4.78 is 119. The van der Waals surface area contributed by atoms with Gasteiger partial charge in [0.15, 0.2) is 0 Å². The number of carboxylic acid groups (broad SMARTS) is 1. The fourth-order valence-corrected chi connectivity index (χ4v) is 6.75. The van der Waals surface area contributed by atoms with Crippen molar-refractivity contribution < 1.29 is 54.1 Å². The fourth-order valence-electron chi connectivity index (χ4n) is 5.20. The summed E-state index contributed by atoms with van der Waals surface area (Å²) in [6.45, 7) is -3.52. The van der Waals surface area contributed by atoms with Crippen LogP contribution < -0.4 is 13.8 Å². The van der Waals surface area contributed by atoms with Crippen LogP contribution in [0.4, 0.5) is 32.0 Å². The maximum atomic E-state index is 14.2. The van der Waals surface area contributed by atoms with Crippen LogP contribution in [0.3, 0.4) is 0 Å². The molecule has 0 bridgehead atoms. The van der Waals surface area contributed by atoms with E-state index in [0.29, 0.717) is 25.3 Å². The van der Waals surface area contributed by atoms with Crippen LogP contribution in [0.1, 0.15) is 24.8 Å². The van der Waals surface area contributed by atoms with Crippen LogP contribution in [-0.4, -0.2) is 38.8 Å². The van der Waals surface area contributed by atoms with Gasteiger partial charge >= 0.3 is 18.8 Å². The fraction of sp³-hybridized carbons (Fsp3) is 0.321. The van der Waals surface area contributed by atoms with Gasteiger partial charge in [-0.1, -0.05) is 12.1 Å². The van der Waals surface area contributed by atoms with Crippen molar-refractivity contribution in [1.29, 1.82) is 0 Å². The number of ether oxygens (including phenoxy) is 2. The standard InChI is InChI=1S/C28H23F6NO6S/c29-20-9-17(10-21(13-20)41-27(30)31)16-4-5-25-24(11-16)35(14-22(40-25)8-15-6-18(7-15)26(36)37)42(38,39)23-3-1-2-19(12-23)28(32,33)34/h1-5,9-13,15,18,22,27H,6-8,14H2,(H,36,37)/t15-,18+,22?. The van der Waals surface area contributed by atoms with Crippen molar-refractivity contribution in [2.45, 2.75) is 43.0 Å². The first-order chi connectivity index (χ1) is 19.7. The van der Waals surface area contributed by atoms with E-state index < -0.39 is 62.8 Å². The molecule has 1 saturated carbocycles. The monoisotopic (exact) mass is 615 g/mol. The second-order valence-electron chi connectivity index (χ2n) is 10.1. The van der Waals surface area contributed by atoms with Crippen molar-refractivity contribution in [3.05, 3.63) is 72.0 Å². The van der Waals surface area contributed by atoms with Crippen molar-refractivity contribution >= 4 is 21.7 Å². The van der Waals surface area contributed by atoms with E-state index in [2.05, 4.69) is 4.74 Å². The van der Waals surface area contributed by atoms with Gasteiger partial charge in [-0.15, -0.1) is 0 Å². The Balaban J connectivity index is 1.54. The molecule has 1 N–H and O–H groups in total. The molecule has 42 heavy (non-hydrogen) atoms. The molecule has 5 rings (SSSR count). The maximum absolute atomic E-state index is 14.2. The van der Waals surface area contributed by atoms with Gasteiger partial charge in [0.2, 0.25) is 0 Å². The van der Waals surface area contributed by atoms with E-state index >= 15 is 0 Å². The Kier molecular flexibility index (Phi) is 7.77. The maximum Gasteiger partial charge on any atom is 0.416 e. The van der Waals surface area contributed by atoms with Crippen molar-refractivity contribution in [3.8, 4) is 22.6 Å². The first kappa shape index (κ1) is 29.5. The number of aliphatic carboxylic acids is 1. The number of halogens is 6. The van der Waals surface area contributed by atoms with Crippen LogP contribution in [-0.2, 0) is 21.0 Å². The minimum Gasteiger partial charge on any atom is -0.486 e. The number of alkyl halides is 5. The summed E-state index contributed by atoms with van der Waals surface area (Å²) in [5.74, 6) is -2.80. The van der Waals surface area contributed by atoms with Gasteiger partial charge < -0.3 is 14.6 Å². The van der Waals surface area contributed by atoms with Gasteiger partial charge in [-0.2, -0.15) is 22.0 Å². The van der Waals surface area contributed by atoms with E-state index in [1.165, 1.54) is 18.2 Å². The third-order valence-electron chi connectivity index (χ3n) is 7.25. The molecule has 0 spiro atoms. The predicted octanol–water partition coefficient (Wildman–Crippen LogP) is 6.57. The molecule has 1 fully saturated rings. The smallest absolute Gasteiger partial charge is 0.416 e. The Bertz CT molecular complexity index is 1610. The summed E-state index contributed by atoms with van der Waals surface area (Å²) >= 11 is 0. The van der Waals surface area contributed by atoms with E-state index in [-0.39, 0.29) is 35.0 Å². The van der Waals surface area contributed by atoms with Gasteiger partial charge in [-0.3, -0.25) is 9.10 Å². The summed E-state index contributed by atoms with van der Waals surface area (Å²) in [6, 6.07) is 10.3. The van der Waals surface area contributed by atoms with Gasteiger partial charge in [0.25, 0.3) is 10.0 Å². The molecular formula is C28H23F6NO6S. The Morgan fingerprint density at radius 2 is 1.79 bits per heavy atom. The lowest BCUT2D eigenvalue weighted by Gasteiger charge is -2.40. The third-order valence-corrected chi connectivity index (χ3v) is 9.03. The number of rotatable bonds is 8. The highest BCUT2D eigenvalue weighted by Gasteiger charge is 2.41. The van der Waals surface area contributed by atoms with Crippen molar-refractivity contribution in [2.24, 2.45) is 11.8 Å². The Hall–Kier alpha value is -3.94. The third kappa shape index (κ3) is 6.13. The Morgan fingerprint density at radius 1 is 1.05 bits per heavy atom. The molecule has 14 heteroatoms. The van der Waals surface area contributed by atoms with E-state index in [9.17, 15) is 44.7 Å². The quantitative estimate of drug-likeness (QED) is 0.288. The van der Waals surface area contributed by atoms with Gasteiger partial charge in [0, 0.05) is 6.07 Å². The van der Waals surface area contributed by atoms with Crippen LogP contribution in [0.2, 0.25) is 0 Å². The number of carbonyl (C=O) groups is 1. The van der Waals surface area contributed by atoms with Gasteiger partial charge in [0.1, 0.15) is 23.4 Å². The summed E-state index contributed by atoms with van der Waals surface area (Å²) in [6.07, 6.45) is -4.49. The molecule has 1 heterocycles. The molecule has 1 aliphatic heterocycles. The Labute approximate surface area is 236 Å². The van der Waals surface area contributed by atoms with Crippen molar-refractivity contribution in [3.63, 3.8) is 0 Å². The highest BCUT2D eigenvalue weighted by molar-refractivity contribution is 7.92. The molecular weight excluding hydrogens is 592 g/mol. The minimum atomic E-state index is -4.80. The van der Waals surface area contributed by atoms with E-state index in [1.54, 1.807) is 0 Å². The number of hydrogen-bond donors (Lipinski definition) is 1. The molecule has 224 valence electrons. The zero-order valence-corrected chi connectivity index (χ0v) is 22.3. The molecule has 2 aliphatic rings. The lowest BCUT2D eigenvalue weighted by atomic mass is 9.72. The second kappa shape index (κ2) is 11.0. The number of nitrogens with zero attached hydrogens (tertiary/aromatic N) is 1. The molecule has 0 radical (unpaired) electrons. The lowest BCUT2D eigenvalue weighted by Crippen LogP contribution is -2.45. The van der Waals surface area contributed by atoms with Crippen LogP contribution in [0.5, 0.6) is 11.5 Å². The molecule has 0 amide bonds. The second-order valence-corrected chi connectivity index (χ2v) is 12.0. The average Bonchev–Trinajstić information content (AvgIpc) is 2.88. The van der Waals surface area contributed by atoms with E-state index in [0.717, 1.165) is 40.7 Å². The molecule has 1 atom stereocenters. The van der Waals surface area contributed by atoms with Crippen LogP contribution in [0.15, 0.2) is 65.6 Å². The number of fused-ring (bicyclic) bond motifs is 1. The number of anilines is 1. The van der Waals surface area contributed by atoms with Crippen molar-refractivity contribution in [1.82, 2.24) is 0 Å². The highest BCUT2D eigenvalue weighted by atomic mass is 32.2. The molecule has 0 aromatic heterocycles. The number of carboxylic acids is 1. The topological polar surface area (TPSA) is 93.1 Å². The molecule has 7 nitrogen and oxygen atoms in total. The minimum absolute atomic E-state index is 0.0567. The van der Waals surface area contributed by atoms with Gasteiger partial charge in [-0.05, 0) is 78.8 Å². The van der Waals surface area contributed by atoms with E-state index in [4.69, 9.17) is 4.74 Å². The first-order valence-corrected chi connectivity index (χ1v) is 14.1. The number of sulfonamides is 1. The first-order valence-electron chi connectivity index (χ1n) is 12.7. The zero-order valence-electron chi connectivity index (χ0n) is 21.5. The predicted molar refractivity (Wildman–Crippen MR) is 137 cm³/mol. The highest BCUT2D eigenvalue weighted by Crippen LogP contribution is 2.44. The molecule has 1 unspecified atom stereocenters. The van der Waals surface area contributed by atoms with Crippen LogP contribution >= 0.6 is 0 Å². The summed E-state index contributed by atoms with van der Waals surface area (Å²) in [4.78, 5) is 10.6. The van der Waals surface area contributed by atoms with Gasteiger partial charge in [0.05, 0.1) is 28.6 Å². The van der Waals surface area contributed by atoms with Crippen molar-refractivity contribution in [2.75, 3.05) is 10.8 Å². The molecule has 3 aromatic carbocycles. The summed E-state index contributed by atoms with van der Waals surface area (Å²) in [5.41, 5.74) is -0.954. The average molecular weight is 616 g/mol. The summed E-state index contributed by atoms with van der Waals surface area (Å²) in [7, 11) is -4.61. The van der Waals surface area contributed by atoms with Crippen LogP contribution in [0, 0.1) is 17.7 Å². The molecule has 3 aromatic rings. The SMILES string of the molecule is O=C(O)[C@H]1C[C@@H](CC2CN(S(=O)(=O)c3cccc(C(F)(F)F)c3)c3cc(-c4cc(F)cc(OC(F)F)c4)ccc3O2)C1. The molecule has 0 saturated heterocycles. The molecule has 1 aliphatic carbocycles. The zero-order chi connectivity index (χ0) is 30.4.